The van der Waals surface area contributed by atoms with Gasteiger partial charge in [0.15, 0.2) is 10.1 Å². The largest absolute Gasteiger partial charge is 0.331 e. The molecule has 0 aliphatic carbocycles. The van der Waals surface area contributed by atoms with Gasteiger partial charge < -0.3 is 10.6 Å². The van der Waals surface area contributed by atoms with Gasteiger partial charge in [-0.1, -0.05) is 40.6 Å². The molecule has 3 aromatic rings. The number of nitrogens with zero attached hydrogens (tertiary/aromatic N) is 3. The predicted octanol–water partition coefficient (Wildman–Crippen LogP) is 4.56. The number of aromatic nitrogens is 2. The number of thiocarbonyl (C=S) groups is 1. The van der Waals surface area contributed by atoms with Crippen LogP contribution in [0.3, 0.4) is 0 Å². The maximum absolute atomic E-state index is 5.87. The van der Waals surface area contributed by atoms with Crippen molar-refractivity contribution < 1.29 is 0 Å². The zero-order valence-electron chi connectivity index (χ0n) is 13.7. The van der Waals surface area contributed by atoms with E-state index in [-0.39, 0.29) is 0 Å². The van der Waals surface area contributed by atoms with E-state index in [0.717, 1.165) is 11.4 Å². The highest BCUT2D eigenvalue weighted by Crippen LogP contribution is 2.21. The molecule has 9 heteroatoms. The topological polar surface area (TPSA) is 74.2 Å². The third-order valence-corrected chi connectivity index (χ3v) is 4.41. The van der Waals surface area contributed by atoms with Gasteiger partial charge in [0.1, 0.15) is 0 Å². The summed E-state index contributed by atoms with van der Waals surface area (Å²) in [6, 6.07) is 15.3. The van der Waals surface area contributed by atoms with Gasteiger partial charge in [0, 0.05) is 16.4 Å². The molecule has 0 amide bonds. The average Bonchev–Trinajstić information content (AvgIpc) is 3.06. The minimum atomic E-state index is 0.397. The normalized spacial score (nSPS) is 10.7. The molecule has 0 saturated carbocycles. The highest BCUT2D eigenvalue weighted by atomic mass is 35.5. The van der Waals surface area contributed by atoms with Crippen molar-refractivity contribution in [3.05, 3.63) is 64.1 Å². The van der Waals surface area contributed by atoms with Gasteiger partial charge in [0.2, 0.25) is 5.13 Å². The molecule has 0 aliphatic heterocycles. The Labute approximate surface area is 165 Å². The fraction of sp³-hybridized carbons (Fsp3) is 0.0588. The SMILES string of the molecule is Cc1ccc(NC(=S)N/N=C\c2nnc(Nc3ccc(Cl)cc3)s2)cc1. The molecule has 0 aliphatic rings. The Hall–Kier alpha value is -2.55. The van der Waals surface area contributed by atoms with Crippen LogP contribution in [0.4, 0.5) is 16.5 Å². The number of nitrogens with one attached hydrogen (secondary N) is 3. The molecule has 132 valence electrons. The van der Waals surface area contributed by atoms with Gasteiger partial charge in [0.25, 0.3) is 0 Å². The van der Waals surface area contributed by atoms with E-state index in [4.69, 9.17) is 23.8 Å². The van der Waals surface area contributed by atoms with Crippen LogP contribution >= 0.6 is 35.2 Å². The lowest BCUT2D eigenvalue weighted by Gasteiger charge is -2.06. The minimum absolute atomic E-state index is 0.397. The first-order valence-electron chi connectivity index (χ1n) is 7.61. The lowest BCUT2D eigenvalue weighted by Crippen LogP contribution is -2.23. The van der Waals surface area contributed by atoms with Crippen molar-refractivity contribution in [1.29, 1.82) is 0 Å². The summed E-state index contributed by atoms with van der Waals surface area (Å²) in [6.07, 6.45) is 1.56. The van der Waals surface area contributed by atoms with E-state index < -0.39 is 0 Å². The lowest BCUT2D eigenvalue weighted by molar-refractivity contribution is 1.04. The molecular weight excluding hydrogens is 388 g/mol. The number of hydrogen-bond donors (Lipinski definition) is 3. The quantitative estimate of drug-likeness (QED) is 0.330. The zero-order valence-corrected chi connectivity index (χ0v) is 16.1. The number of rotatable bonds is 5. The molecule has 0 radical (unpaired) electrons. The Morgan fingerprint density at radius 2 is 1.77 bits per heavy atom. The molecule has 1 aromatic heterocycles. The number of anilines is 3. The van der Waals surface area contributed by atoms with E-state index in [9.17, 15) is 0 Å². The van der Waals surface area contributed by atoms with Crippen LogP contribution in [0.15, 0.2) is 53.6 Å². The average molecular weight is 403 g/mol. The van der Waals surface area contributed by atoms with Gasteiger partial charge in [-0.2, -0.15) is 5.10 Å². The second kappa shape index (κ2) is 8.70. The second-order valence-electron chi connectivity index (χ2n) is 5.27. The first-order chi connectivity index (χ1) is 12.6. The van der Waals surface area contributed by atoms with Crippen LogP contribution in [-0.2, 0) is 0 Å². The maximum atomic E-state index is 5.87. The van der Waals surface area contributed by atoms with Gasteiger partial charge in [0.05, 0.1) is 6.21 Å². The van der Waals surface area contributed by atoms with Crippen LogP contribution < -0.4 is 16.1 Å². The van der Waals surface area contributed by atoms with Gasteiger partial charge in [-0.15, -0.1) is 10.2 Å². The summed E-state index contributed by atoms with van der Waals surface area (Å²) in [6.45, 7) is 2.03. The highest BCUT2D eigenvalue weighted by Gasteiger charge is 2.03. The first kappa shape index (κ1) is 18.2. The number of halogens is 1. The minimum Gasteiger partial charge on any atom is -0.331 e. The summed E-state index contributed by atoms with van der Waals surface area (Å²) in [5, 5.41) is 20.8. The summed E-state index contributed by atoms with van der Waals surface area (Å²) in [7, 11) is 0. The summed E-state index contributed by atoms with van der Waals surface area (Å²) >= 11 is 12.4. The summed E-state index contributed by atoms with van der Waals surface area (Å²) in [4.78, 5) is 0. The van der Waals surface area contributed by atoms with Crippen molar-refractivity contribution in [2.24, 2.45) is 5.10 Å². The van der Waals surface area contributed by atoms with Crippen LogP contribution in [0.5, 0.6) is 0 Å². The first-order valence-corrected chi connectivity index (χ1v) is 9.21. The smallest absolute Gasteiger partial charge is 0.210 e. The van der Waals surface area contributed by atoms with Crippen molar-refractivity contribution in [3.8, 4) is 0 Å². The Bertz CT molecular complexity index is 906. The fourth-order valence-corrected chi connectivity index (χ4v) is 2.87. The van der Waals surface area contributed by atoms with Crippen LogP contribution in [0, 0.1) is 6.92 Å². The van der Waals surface area contributed by atoms with E-state index in [0.29, 0.717) is 20.3 Å². The number of hydrogen-bond acceptors (Lipinski definition) is 6. The zero-order chi connectivity index (χ0) is 18.4. The Morgan fingerprint density at radius 3 is 2.50 bits per heavy atom. The summed E-state index contributed by atoms with van der Waals surface area (Å²) in [5.41, 5.74) is 5.72. The highest BCUT2D eigenvalue weighted by molar-refractivity contribution is 7.80. The van der Waals surface area contributed by atoms with Gasteiger partial charge in [-0.25, -0.2) is 0 Å². The monoisotopic (exact) mass is 402 g/mol. The molecule has 3 N–H and O–H groups in total. The lowest BCUT2D eigenvalue weighted by atomic mass is 10.2. The molecule has 26 heavy (non-hydrogen) atoms. The molecule has 0 spiro atoms. The molecular formula is C17H15ClN6S2. The third kappa shape index (κ3) is 5.48. The predicted molar refractivity (Wildman–Crippen MR) is 113 cm³/mol. The van der Waals surface area contributed by atoms with E-state index in [1.807, 2.05) is 43.3 Å². The second-order valence-corrected chi connectivity index (χ2v) is 7.12. The Morgan fingerprint density at radius 1 is 1.08 bits per heavy atom. The van der Waals surface area contributed by atoms with Crippen molar-refractivity contribution in [2.45, 2.75) is 6.92 Å². The third-order valence-electron chi connectivity index (χ3n) is 3.19. The fourth-order valence-electron chi connectivity index (χ4n) is 1.94. The molecule has 0 fully saturated rings. The molecule has 0 saturated heterocycles. The molecule has 0 unspecified atom stereocenters. The van der Waals surface area contributed by atoms with Crippen molar-refractivity contribution in [1.82, 2.24) is 15.6 Å². The number of benzene rings is 2. The van der Waals surface area contributed by atoms with Gasteiger partial charge in [-0.05, 0) is 55.5 Å². The molecule has 6 nitrogen and oxygen atoms in total. The molecule has 2 aromatic carbocycles. The van der Waals surface area contributed by atoms with Crippen molar-refractivity contribution in [3.63, 3.8) is 0 Å². The molecule has 0 bridgehead atoms. The molecule has 3 rings (SSSR count). The van der Waals surface area contributed by atoms with E-state index in [1.54, 1.807) is 18.3 Å². The molecule has 0 atom stereocenters. The summed E-state index contributed by atoms with van der Waals surface area (Å²) in [5.74, 6) is 0. The van der Waals surface area contributed by atoms with Gasteiger partial charge >= 0.3 is 0 Å². The van der Waals surface area contributed by atoms with E-state index in [1.165, 1.54) is 16.9 Å². The van der Waals surface area contributed by atoms with Crippen LogP contribution in [-0.4, -0.2) is 21.5 Å². The van der Waals surface area contributed by atoms with Crippen LogP contribution in [0.2, 0.25) is 5.02 Å². The maximum Gasteiger partial charge on any atom is 0.210 e. The number of aryl methyl sites for hydroxylation is 1. The summed E-state index contributed by atoms with van der Waals surface area (Å²) < 4.78 is 0. The van der Waals surface area contributed by atoms with E-state index in [2.05, 4.69) is 31.4 Å². The Balaban J connectivity index is 1.51. The van der Waals surface area contributed by atoms with E-state index >= 15 is 0 Å². The van der Waals surface area contributed by atoms with Crippen LogP contribution in [0.25, 0.3) is 0 Å². The van der Waals surface area contributed by atoms with Crippen molar-refractivity contribution in [2.75, 3.05) is 10.6 Å². The molecule has 1 heterocycles. The van der Waals surface area contributed by atoms with Crippen LogP contribution in [0.1, 0.15) is 10.6 Å². The van der Waals surface area contributed by atoms with Gasteiger partial charge in [-0.3, -0.25) is 5.43 Å². The standard InChI is InChI=1S/C17H15ClN6S2/c1-11-2-6-13(7-3-11)20-16(25)23-19-10-15-22-24-17(26-15)21-14-8-4-12(18)5-9-14/h2-10H,1H3,(H,21,24)(H2,20,23,25)/b19-10-. The Kier molecular flexibility index (Phi) is 6.11. The van der Waals surface area contributed by atoms with Crippen molar-refractivity contribution >= 4 is 63.0 Å². The number of hydrazone groups is 1.